The van der Waals surface area contributed by atoms with Crippen LogP contribution >= 0.6 is 11.6 Å². The van der Waals surface area contributed by atoms with Crippen molar-refractivity contribution in [3.05, 3.63) is 29.3 Å². The van der Waals surface area contributed by atoms with Crippen molar-refractivity contribution < 1.29 is 25.8 Å². The maximum absolute atomic E-state index is 11.8. The van der Waals surface area contributed by atoms with Gasteiger partial charge in [-0.25, -0.2) is 0 Å². The van der Waals surface area contributed by atoms with Gasteiger partial charge in [-0.2, -0.15) is 21.6 Å². The van der Waals surface area contributed by atoms with Gasteiger partial charge in [0.15, 0.2) is 6.61 Å². The van der Waals surface area contributed by atoms with Gasteiger partial charge in [0.05, 0.1) is 4.90 Å². The summed E-state index contributed by atoms with van der Waals surface area (Å²) >= 11 is 5.50. The van der Waals surface area contributed by atoms with Gasteiger partial charge in [0.2, 0.25) is 0 Å². The summed E-state index contributed by atoms with van der Waals surface area (Å²) in [6.07, 6.45) is -4.70. The van der Waals surface area contributed by atoms with Crippen LogP contribution in [0.3, 0.4) is 0 Å². The second-order valence-electron chi connectivity index (χ2n) is 2.79. The van der Waals surface area contributed by atoms with Crippen molar-refractivity contribution in [1.29, 1.82) is 0 Å². The molecule has 1 aromatic carbocycles. The lowest BCUT2D eigenvalue weighted by Crippen LogP contribution is -2.20. The van der Waals surface area contributed by atoms with Crippen LogP contribution in [0.4, 0.5) is 13.2 Å². The smallest absolute Gasteiger partial charge is 0.257 e. The monoisotopic (exact) mass is 274 g/mol. The van der Waals surface area contributed by atoms with Crippen molar-refractivity contribution in [2.75, 3.05) is 6.61 Å². The second-order valence-corrected chi connectivity index (χ2v) is 4.84. The Labute approximate surface area is 94.9 Å². The van der Waals surface area contributed by atoms with E-state index in [1.54, 1.807) is 0 Å². The number of rotatable bonds is 3. The Bertz CT molecular complexity index is 470. The third-order valence-corrected chi connectivity index (χ3v) is 2.96. The largest absolute Gasteiger partial charge is 0.413 e. The van der Waals surface area contributed by atoms with Crippen LogP contribution in [0.1, 0.15) is 0 Å². The first-order valence-corrected chi connectivity index (χ1v) is 5.71. The van der Waals surface area contributed by atoms with E-state index in [-0.39, 0.29) is 5.02 Å². The molecule has 0 aliphatic heterocycles. The highest BCUT2D eigenvalue weighted by Crippen LogP contribution is 2.21. The molecule has 0 atom stereocenters. The highest BCUT2D eigenvalue weighted by atomic mass is 35.5. The van der Waals surface area contributed by atoms with E-state index < -0.39 is 27.8 Å². The normalized spacial score (nSPS) is 12.8. The van der Waals surface area contributed by atoms with Gasteiger partial charge >= 0.3 is 6.18 Å². The second kappa shape index (κ2) is 4.60. The van der Waals surface area contributed by atoms with E-state index in [1.807, 2.05) is 0 Å². The molecule has 0 aliphatic rings. The van der Waals surface area contributed by atoms with E-state index in [2.05, 4.69) is 4.18 Å². The topological polar surface area (TPSA) is 43.4 Å². The van der Waals surface area contributed by atoms with Gasteiger partial charge < -0.3 is 0 Å². The molecule has 0 aromatic heterocycles. The molecule has 90 valence electrons. The average molecular weight is 275 g/mol. The molecule has 8 heteroatoms. The molecule has 3 nitrogen and oxygen atoms in total. The molecule has 0 aliphatic carbocycles. The molecule has 0 saturated heterocycles. The fourth-order valence-corrected chi connectivity index (χ4v) is 2.03. The van der Waals surface area contributed by atoms with Crippen LogP contribution in [0.15, 0.2) is 29.2 Å². The van der Waals surface area contributed by atoms with E-state index >= 15 is 0 Å². The highest BCUT2D eigenvalue weighted by Gasteiger charge is 2.31. The zero-order chi connectivity index (χ0) is 12.4. The summed E-state index contributed by atoms with van der Waals surface area (Å²) in [6.45, 7) is -1.86. The van der Waals surface area contributed by atoms with Crippen LogP contribution in [0.25, 0.3) is 0 Å². The molecular weight excluding hydrogens is 269 g/mol. The van der Waals surface area contributed by atoms with Gasteiger partial charge in [-0.15, -0.1) is 0 Å². The van der Waals surface area contributed by atoms with Crippen LogP contribution in [0, 0.1) is 0 Å². The zero-order valence-corrected chi connectivity index (χ0v) is 9.23. The Hall–Kier alpha value is -0.790. The molecular formula is C8H6ClF3O3S. The predicted molar refractivity (Wildman–Crippen MR) is 50.6 cm³/mol. The van der Waals surface area contributed by atoms with E-state index in [0.717, 1.165) is 12.1 Å². The summed E-state index contributed by atoms with van der Waals surface area (Å²) in [7, 11) is -4.42. The lowest BCUT2D eigenvalue weighted by Gasteiger charge is -2.08. The van der Waals surface area contributed by atoms with Gasteiger partial charge in [0.1, 0.15) is 0 Å². The first kappa shape index (κ1) is 13.3. The molecule has 16 heavy (non-hydrogen) atoms. The number of hydrogen-bond acceptors (Lipinski definition) is 3. The van der Waals surface area contributed by atoms with E-state index in [9.17, 15) is 21.6 Å². The summed E-state index contributed by atoms with van der Waals surface area (Å²) in [4.78, 5) is -0.413. The summed E-state index contributed by atoms with van der Waals surface area (Å²) in [5.41, 5.74) is 0. The zero-order valence-electron chi connectivity index (χ0n) is 7.66. The molecule has 0 radical (unpaired) electrons. The molecule has 0 saturated carbocycles. The van der Waals surface area contributed by atoms with Crippen molar-refractivity contribution in [3.8, 4) is 0 Å². The minimum Gasteiger partial charge on any atom is -0.257 e. The Morgan fingerprint density at radius 3 is 2.44 bits per heavy atom. The number of alkyl halides is 3. The third-order valence-electron chi connectivity index (χ3n) is 1.46. The minimum absolute atomic E-state index is 0.0942. The Morgan fingerprint density at radius 1 is 1.31 bits per heavy atom. The molecule has 0 spiro atoms. The summed E-state index contributed by atoms with van der Waals surface area (Å²) in [6, 6.07) is 4.79. The molecule has 1 aromatic rings. The van der Waals surface area contributed by atoms with Crippen molar-refractivity contribution in [1.82, 2.24) is 0 Å². The molecule has 1 rings (SSSR count). The van der Waals surface area contributed by atoms with Crippen molar-refractivity contribution in [3.63, 3.8) is 0 Å². The van der Waals surface area contributed by atoms with E-state index in [0.29, 0.717) is 0 Å². The first-order valence-electron chi connectivity index (χ1n) is 3.92. The SMILES string of the molecule is O=S(=O)(OCC(F)(F)F)c1cccc(Cl)c1. The Balaban J connectivity index is 2.87. The average Bonchev–Trinajstić information content (AvgIpc) is 2.14. The Morgan fingerprint density at radius 2 is 1.94 bits per heavy atom. The standard InChI is InChI=1S/C8H6ClF3O3S/c9-6-2-1-3-7(4-6)16(13,14)15-5-8(10,11)12/h1-4H,5H2. The number of benzene rings is 1. The van der Waals surface area contributed by atoms with Crippen LogP contribution < -0.4 is 0 Å². The van der Waals surface area contributed by atoms with E-state index in [1.165, 1.54) is 12.1 Å². The highest BCUT2D eigenvalue weighted by molar-refractivity contribution is 7.86. The van der Waals surface area contributed by atoms with Crippen molar-refractivity contribution in [2.45, 2.75) is 11.1 Å². The van der Waals surface area contributed by atoms with Crippen molar-refractivity contribution in [2.24, 2.45) is 0 Å². The lowest BCUT2D eigenvalue weighted by molar-refractivity contribution is -0.152. The fraction of sp³-hybridized carbons (Fsp3) is 0.250. The van der Waals surface area contributed by atoms with Crippen LogP contribution in [-0.2, 0) is 14.3 Å². The van der Waals surface area contributed by atoms with Gasteiger partial charge in [-0.3, -0.25) is 4.18 Å². The third kappa shape index (κ3) is 3.99. The molecule has 0 N–H and O–H groups in total. The number of hydrogen-bond donors (Lipinski definition) is 0. The molecule has 0 unspecified atom stereocenters. The summed E-state index contributed by atoms with van der Waals surface area (Å²) in [5.74, 6) is 0. The van der Waals surface area contributed by atoms with Gasteiger partial charge in [-0.05, 0) is 18.2 Å². The lowest BCUT2D eigenvalue weighted by atomic mass is 10.4. The van der Waals surface area contributed by atoms with Crippen LogP contribution in [-0.4, -0.2) is 21.2 Å². The predicted octanol–water partition coefficient (Wildman–Crippen LogP) is 2.61. The van der Waals surface area contributed by atoms with Crippen LogP contribution in [0.5, 0.6) is 0 Å². The van der Waals surface area contributed by atoms with Gasteiger partial charge in [-0.1, -0.05) is 17.7 Å². The van der Waals surface area contributed by atoms with Gasteiger partial charge in [0, 0.05) is 5.02 Å². The first-order chi connectivity index (χ1) is 7.21. The Kier molecular flexibility index (Phi) is 3.82. The molecule has 0 amide bonds. The maximum Gasteiger partial charge on any atom is 0.413 e. The molecule has 0 heterocycles. The quantitative estimate of drug-likeness (QED) is 0.796. The maximum atomic E-state index is 11.8. The van der Waals surface area contributed by atoms with E-state index in [4.69, 9.17) is 11.6 Å². The number of halogens is 4. The summed E-state index contributed by atoms with van der Waals surface area (Å²) < 4.78 is 61.6. The molecule has 0 bridgehead atoms. The summed E-state index contributed by atoms with van der Waals surface area (Å²) in [5, 5.41) is 0.0942. The fourth-order valence-electron chi connectivity index (χ4n) is 0.835. The molecule has 0 fully saturated rings. The van der Waals surface area contributed by atoms with Crippen molar-refractivity contribution >= 4 is 21.7 Å². The van der Waals surface area contributed by atoms with Crippen LogP contribution in [0.2, 0.25) is 5.02 Å². The minimum atomic E-state index is -4.70. The van der Waals surface area contributed by atoms with Gasteiger partial charge in [0.25, 0.3) is 10.1 Å².